The second-order valence-electron chi connectivity index (χ2n) is 3.22. The van der Waals surface area contributed by atoms with Gasteiger partial charge in [0.1, 0.15) is 0 Å². The van der Waals surface area contributed by atoms with Crippen molar-refractivity contribution < 1.29 is 58.6 Å². The molecule has 0 spiro atoms. The van der Waals surface area contributed by atoms with Crippen molar-refractivity contribution in [1.29, 1.82) is 0 Å². The summed E-state index contributed by atoms with van der Waals surface area (Å²) in [7, 11) is 0. The van der Waals surface area contributed by atoms with Gasteiger partial charge in [0.05, 0.1) is 0 Å². The van der Waals surface area contributed by atoms with E-state index >= 15 is 0 Å². The maximum absolute atomic E-state index is 10.5. The molecular formula is C10H6O12. The lowest BCUT2D eigenvalue weighted by Gasteiger charge is -2.12. The van der Waals surface area contributed by atoms with Gasteiger partial charge in [0.25, 0.3) is 0 Å². The molecule has 0 saturated carbocycles. The molecule has 0 atom stereocenters. The highest BCUT2D eigenvalue weighted by atomic mass is 16.7. The number of ether oxygens (including phenoxy) is 4. The monoisotopic (exact) mass is 318 g/mol. The van der Waals surface area contributed by atoms with Gasteiger partial charge >= 0.3 is 24.6 Å². The minimum Gasteiger partial charge on any atom is -0.449 e. The Hall–Kier alpha value is -3.70. The number of benzene rings is 1. The number of hydrogen-bond donors (Lipinski definition) is 4. The standard InChI is InChI=1S/C10H6O12/c11-7(12)19-3-1-4(20-8(13)14)6(22-10(17)18)2-5(3)21-9(15)16/h1-2H,(H,11,12)(H,13,14)(H,15,16)(H,17,18). The molecular weight excluding hydrogens is 312 g/mol. The molecule has 1 aromatic carbocycles. The van der Waals surface area contributed by atoms with Gasteiger partial charge in [-0.25, -0.2) is 19.2 Å². The highest BCUT2D eigenvalue weighted by Gasteiger charge is 2.22. The molecule has 0 aliphatic heterocycles. The molecule has 1 aromatic rings. The summed E-state index contributed by atoms with van der Waals surface area (Å²) in [6, 6.07) is 1.14. The Morgan fingerprint density at radius 2 is 0.727 bits per heavy atom. The van der Waals surface area contributed by atoms with Crippen LogP contribution in [0.4, 0.5) is 19.2 Å². The fourth-order valence-corrected chi connectivity index (χ4v) is 1.22. The van der Waals surface area contributed by atoms with Crippen LogP contribution in [0, 0.1) is 0 Å². The van der Waals surface area contributed by atoms with Gasteiger partial charge in [0.2, 0.25) is 0 Å². The zero-order chi connectivity index (χ0) is 16.9. The first-order valence-corrected chi connectivity index (χ1v) is 5.00. The zero-order valence-corrected chi connectivity index (χ0v) is 10.2. The van der Waals surface area contributed by atoms with Crippen molar-refractivity contribution in [3.8, 4) is 23.0 Å². The summed E-state index contributed by atoms with van der Waals surface area (Å²) >= 11 is 0. The number of carboxylic acid groups (broad SMARTS) is 4. The Balaban J connectivity index is 3.39. The summed E-state index contributed by atoms with van der Waals surface area (Å²) in [6.45, 7) is 0. The Morgan fingerprint density at radius 3 is 0.864 bits per heavy atom. The fourth-order valence-electron chi connectivity index (χ4n) is 1.22. The molecule has 1 rings (SSSR count). The smallest absolute Gasteiger partial charge is 0.449 e. The SMILES string of the molecule is O=C(O)Oc1cc(OC(=O)O)c(OC(=O)O)cc1OC(=O)O. The first-order valence-electron chi connectivity index (χ1n) is 5.00. The van der Waals surface area contributed by atoms with Gasteiger partial charge in [-0.05, 0) is 0 Å². The summed E-state index contributed by atoms with van der Waals surface area (Å²) in [5, 5.41) is 34.0. The normalized spacial score (nSPS) is 9.45. The second-order valence-corrected chi connectivity index (χ2v) is 3.22. The van der Waals surface area contributed by atoms with Crippen molar-refractivity contribution in [2.75, 3.05) is 0 Å². The minimum absolute atomic E-state index is 0.568. The number of hydrogen-bond acceptors (Lipinski definition) is 8. The molecule has 118 valence electrons. The average Bonchev–Trinajstić information content (AvgIpc) is 2.31. The van der Waals surface area contributed by atoms with Crippen LogP contribution < -0.4 is 18.9 Å². The molecule has 0 aliphatic rings. The minimum atomic E-state index is -1.87. The number of rotatable bonds is 4. The second kappa shape index (κ2) is 6.65. The van der Waals surface area contributed by atoms with Crippen LogP contribution in [0.5, 0.6) is 23.0 Å². The van der Waals surface area contributed by atoms with Crippen molar-refractivity contribution >= 4 is 24.6 Å². The summed E-state index contributed by atoms with van der Waals surface area (Å²) in [4.78, 5) is 42.0. The third kappa shape index (κ3) is 4.76. The van der Waals surface area contributed by atoms with E-state index in [1.165, 1.54) is 0 Å². The van der Waals surface area contributed by atoms with Crippen LogP contribution in [-0.4, -0.2) is 45.0 Å². The molecule has 12 nitrogen and oxygen atoms in total. The first kappa shape index (κ1) is 16.4. The van der Waals surface area contributed by atoms with E-state index in [1.54, 1.807) is 0 Å². The molecule has 0 radical (unpaired) electrons. The maximum Gasteiger partial charge on any atom is 0.511 e. The lowest BCUT2D eigenvalue weighted by molar-refractivity contribution is 0.128. The van der Waals surface area contributed by atoms with Gasteiger partial charge in [0, 0.05) is 12.1 Å². The molecule has 0 bridgehead atoms. The van der Waals surface area contributed by atoms with E-state index in [4.69, 9.17) is 20.4 Å². The molecule has 12 heteroatoms. The summed E-state index contributed by atoms with van der Waals surface area (Å²) in [5.74, 6) is -3.04. The van der Waals surface area contributed by atoms with Crippen LogP contribution >= 0.6 is 0 Å². The molecule has 0 aliphatic carbocycles. The van der Waals surface area contributed by atoms with Crippen molar-refractivity contribution in [2.24, 2.45) is 0 Å². The van der Waals surface area contributed by atoms with Crippen LogP contribution in [0.3, 0.4) is 0 Å². The molecule has 0 unspecified atom stereocenters. The van der Waals surface area contributed by atoms with Gasteiger partial charge in [0.15, 0.2) is 23.0 Å². The van der Waals surface area contributed by atoms with E-state index in [0.29, 0.717) is 12.1 Å². The summed E-state index contributed by atoms with van der Waals surface area (Å²) in [6.07, 6.45) is -7.49. The summed E-state index contributed by atoms with van der Waals surface area (Å²) < 4.78 is 16.7. The Bertz CT molecular complexity index is 527. The van der Waals surface area contributed by atoms with Gasteiger partial charge in [-0.2, -0.15) is 0 Å². The molecule has 0 heterocycles. The molecule has 0 aromatic heterocycles. The van der Waals surface area contributed by atoms with Crippen molar-refractivity contribution in [3.05, 3.63) is 12.1 Å². The van der Waals surface area contributed by atoms with E-state index in [1.807, 2.05) is 0 Å². The topological polar surface area (TPSA) is 186 Å². The maximum atomic E-state index is 10.5. The van der Waals surface area contributed by atoms with Crippen LogP contribution in [0.15, 0.2) is 12.1 Å². The van der Waals surface area contributed by atoms with Crippen LogP contribution in [-0.2, 0) is 0 Å². The van der Waals surface area contributed by atoms with Crippen molar-refractivity contribution in [3.63, 3.8) is 0 Å². The molecule has 0 fully saturated rings. The third-order valence-corrected chi connectivity index (χ3v) is 1.80. The van der Waals surface area contributed by atoms with E-state index in [9.17, 15) is 19.2 Å². The Kier molecular flexibility index (Phi) is 4.94. The first-order chi connectivity index (χ1) is 10.2. The zero-order valence-electron chi connectivity index (χ0n) is 10.2. The Morgan fingerprint density at radius 1 is 0.545 bits per heavy atom. The van der Waals surface area contributed by atoms with E-state index in [-0.39, 0.29) is 0 Å². The predicted molar refractivity (Wildman–Crippen MR) is 61.1 cm³/mol. The van der Waals surface area contributed by atoms with Crippen LogP contribution in [0.1, 0.15) is 0 Å². The van der Waals surface area contributed by atoms with Gasteiger partial charge < -0.3 is 39.4 Å². The van der Waals surface area contributed by atoms with Crippen LogP contribution in [0.25, 0.3) is 0 Å². The van der Waals surface area contributed by atoms with Crippen LogP contribution in [0.2, 0.25) is 0 Å². The molecule has 4 N–H and O–H groups in total. The fraction of sp³-hybridized carbons (Fsp3) is 0. The van der Waals surface area contributed by atoms with E-state index in [0.717, 1.165) is 0 Å². The van der Waals surface area contributed by atoms with Crippen molar-refractivity contribution in [1.82, 2.24) is 0 Å². The molecule has 0 amide bonds. The van der Waals surface area contributed by atoms with Gasteiger partial charge in [-0.1, -0.05) is 0 Å². The molecule has 0 saturated heterocycles. The van der Waals surface area contributed by atoms with Gasteiger partial charge in [-0.15, -0.1) is 0 Å². The number of carbonyl (C=O) groups is 4. The highest BCUT2D eigenvalue weighted by Crippen LogP contribution is 2.40. The molecule has 22 heavy (non-hydrogen) atoms. The Labute approximate surface area is 119 Å². The predicted octanol–water partition coefficient (Wildman–Crippen LogP) is 1.91. The average molecular weight is 318 g/mol. The van der Waals surface area contributed by atoms with E-state index in [2.05, 4.69) is 18.9 Å². The van der Waals surface area contributed by atoms with Crippen molar-refractivity contribution in [2.45, 2.75) is 0 Å². The third-order valence-electron chi connectivity index (χ3n) is 1.80. The quantitative estimate of drug-likeness (QED) is 0.467. The highest BCUT2D eigenvalue weighted by molar-refractivity contribution is 5.73. The lowest BCUT2D eigenvalue weighted by atomic mass is 10.2. The lowest BCUT2D eigenvalue weighted by Crippen LogP contribution is -2.12. The summed E-state index contributed by atoms with van der Waals surface area (Å²) in [5.41, 5.74) is 0. The largest absolute Gasteiger partial charge is 0.511 e. The van der Waals surface area contributed by atoms with E-state index < -0.39 is 47.6 Å². The van der Waals surface area contributed by atoms with Gasteiger partial charge in [-0.3, -0.25) is 0 Å².